The lowest BCUT2D eigenvalue weighted by molar-refractivity contribution is -0.0498. The molecule has 6 nitrogen and oxygen atoms in total. The molecule has 1 aliphatic rings. The number of H-pyrrole nitrogens is 1. The van der Waals surface area contributed by atoms with Crippen LogP contribution in [0.3, 0.4) is 0 Å². The molecule has 0 radical (unpaired) electrons. The fourth-order valence-electron chi connectivity index (χ4n) is 3.26. The zero-order chi connectivity index (χ0) is 17.9. The number of aromatic nitrogens is 3. The van der Waals surface area contributed by atoms with E-state index in [0.29, 0.717) is 0 Å². The van der Waals surface area contributed by atoms with E-state index in [1.54, 1.807) is 18.5 Å². The van der Waals surface area contributed by atoms with E-state index in [0.717, 1.165) is 55.1 Å². The molecule has 0 spiro atoms. The van der Waals surface area contributed by atoms with Crippen LogP contribution >= 0.6 is 0 Å². The molecule has 0 amide bonds. The van der Waals surface area contributed by atoms with E-state index in [1.807, 2.05) is 24.4 Å². The number of piperazine rings is 1. The van der Waals surface area contributed by atoms with Crippen LogP contribution in [0, 0.1) is 0 Å². The molecule has 3 aromatic rings. The summed E-state index contributed by atoms with van der Waals surface area (Å²) < 4.78 is 28.8. The maximum atomic E-state index is 12.2. The van der Waals surface area contributed by atoms with Crippen molar-refractivity contribution in [3.05, 3.63) is 48.4 Å². The smallest absolute Gasteiger partial charge is 0.387 e. The molecule has 0 unspecified atom stereocenters. The van der Waals surface area contributed by atoms with Crippen molar-refractivity contribution < 1.29 is 13.5 Å². The topological polar surface area (TPSA) is 57.3 Å². The van der Waals surface area contributed by atoms with Crippen molar-refractivity contribution in [3.8, 4) is 5.75 Å². The Morgan fingerprint density at radius 3 is 2.54 bits per heavy atom. The summed E-state index contributed by atoms with van der Waals surface area (Å²) in [6, 6.07) is 8.83. The van der Waals surface area contributed by atoms with Crippen molar-refractivity contribution in [1.29, 1.82) is 0 Å². The fourth-order valence-corrected chi connectivity index (χ4v) is 3.26. The largest absolute Gasteiger partial charge is 0.435 e. The monoisotopic (exact) mass is 359 g/mol. The van der Waals surface area contributed by atoms with Crippen molar-refractivity contribution in [2.45, 2.75) is 13.2 Å². The zero-order valence-electron chi connectivity index (χ0n) is 14.1. The molecule has 1 saturated heterocycles. The van der Waals surface area contributed by atoms with Crippen LogP contribution in [0.1, 0.15) is 5.56 Å². The summed E-state index contributed by atoms with van der Waals surface area (Å²) in [4.78, 5) is 16.4. The van der Waals surface area contributed by atoms with Gasteiger partial charge in [0.1, 0.15) is 23.5 Å². The number of benzene rings is 1. The maximum Gasteiger partial charge on any atom is 0.387 e. The second-order valence-corrected chi connectivity index (χ2v) is 6.22. The molecule has 0 bridgehead atoms. The number of aromatic amines is 1. The summed E-state index contributed by atoms with van der Waals surface area (Å²) in [5.41, 5.74) is 1.93. The first-order valence-electron chi connectivity index (χ1n) is 8.48. The van der Waals surface area contributed by atoms with E-state index in [-0.39, 0.29) is 5.75 Å². The van der Waals surface area contributed by atoms with E-state index in [1.165, 1.54) is 0 Å². The number of fused-ring (bicyclic) bond motifs is 1. The van der Waals surface area contributed by atoms with E-state index in [4.69, 9.17) is 0 Å². The van der Waals surface area contributed by atoms with E-state index < -0.39 is 6.61 Å². The first-order chi connectivity index (χ1) is 12.7. The Labute approximate surface area is 149 Å². The van der Waals surface area contributed by atoms with Gasteiger partial charge in [0.15, 0.2) is 0 Å². The average molecular weight is 359 g/mol. The average Bonchev–Trinajstić information content (AvgIpc) is 3.12. The number of hydrogen-bond acceptors (Lipinski definition) is 5. The van der Waals surface area contributed by atoms with Gasteiger partial charge in [0.25, 0.3) is 0 Å². The molecule has 3 heterocycles. The van der Waals surface area contributed by atoms with Crippen LogP contribution in [0.25, 0.3) is 11.0 Å². The second kappa shape index (κ2) is 7.25. The van der Waals surface area contributed by atoms with Crippen molar-refractivity contribution in [2.75, 3.05) is 31.1 Å². The molecule has 0 atom stereocenters. The molecule has 1 aliphatic heterocycles. The van der Waals surface area contributed by atoms with Gasteiger partial charge in [0, 0.05) is 38.9 Å². The normalized spacial score (nSPS) is 15.7. The number of halogens is 2. The van der Waals surface area contributed by atoms with Crippen molar-refractivity contribution in [2.24, 2.45) is 0 Å². The number of hydrogen-bond donors (Lipinski definition) is 1. The molecule has 0 saturated carbocycles. The van der Waals surface area contributed by atoms with E-state index >= 15 is 0 Å². The summed E-state index contributed by atoms with van der Waals surface area (Å²) in [5.74, 6) is 1.15. The van der Waals surface area contributed by atoms with Gasteiger partial charge in [-0.15, -0.1) is 0 Å². The Kier molecular flexibility index (Phi) is 4.66. The van der Waals surface area contributed by atoms with Crippen LogP contribution in [0.5, 0.6) is 5.75 Å². The third-order valence-corrected chi connectivity index (χ3v) is 4.56. The Bertz CT molecular complexity index is 859. The van der Waals surface area contributed by atoms with Gasteiger partial charge in [-0.05, 0) is 23.8 Å². The Morgan fingerprint density at radius 2 is 1.81 bits per heavy atom. The molecule has 1 N–H and O–H groups in total. The predicted octanol–water partition coefficient (Wildman–Crippen LogP) is 2.88. The second-order valence-electron chi connectivity index (χ2n) is 6.22. The first-order valence-corrected chi connectivity index (χ1v) is 8.48. The molecular weight excluding hydrogens is 340 g/mol. The fraction of sp³-hybridized carbons (Fsp3) is 0.333. The minimum absolute atomic E-state index is 0.188. The lowest BCUT2D eigenvalue weighted by Crippen LogP contribution is -2.46. The van der Waals surface area contributed by atoms with E-state index in [9.17, 15) is 8.78 Å². The molecule has 4 rings (SSSR count). The summed E-state index contributed by atoms with van der Waals surface area (Å²) >= 11 is 0. The van der Waals surface area contributed by atoms with Crippen molar-refractivity contribution in [1.82, 2.24) is 19.9 Å². The molecule has 8 heteroatoms. The van der Waals surface area contributed by atoms with Crippen molar-refractivity contribution in [3.63, 3.8) is 0 Å². The standard InChI is InChI=1S/C18H19F2N5O/c19-18(20)26-14-3-1-13(2-4-14)11-24-7-9-25(10-8-24)17-15-5-6-21-16(15)22-12-23-17/h1-6,12,18H,7-11H2,(H,21,22,23). The van der Waals surface area contributed by atoms with E-state index in [2.05, 4.69) is 29.5 Å². The highest BCUT2D eigenvalue weighted by Gasteiger charge is 2.20. The Hall–Kier alpha value is -2.74. The zero-order valence-corrected chi connectivity index (χ0v) is 14.1. The summed E-state index contributed by atoms with van der Waals surface area (Å²) in [6.07, 6.45) is 3.46. The van der Waals surface area contributed by atoms with Gasteiger partial charge in [-0.2, -0.15) is 8.78 Å². The van der Waals surface area contributed by atoms with Gasteiger partial charge in [0.05, 0.1) is 5.39 Å². The number of alkyl halides is 2. The van der Waals surface area contributed by atoms with Crippen molar-refractivity contribution >= 4 is 16.9 Å². The van der Waals surface area contributed by atoms with Gasteiger partial charge in [-0.1, -0.05) is 12.1 Å². The highest BCUT2D eigenvalue weighted by Crippen LogP contribution is 2.23. The Morgan fingerprint density at radius 1 is 1.04 bits per heavy atom. The molecular formula is C18H19F2N5O. The van der Waals surface area contributed by atoms with Crippen LogP contribution in [-0.2, 0) is 6.54 Å². The third kappa shape index (κ3) is 3.60. The highest BCUT2D eigenvalue weighted by molar-refractivity contribution is 5.87. The predicted molar refractivity (Wildman–Crippen MR) is 94.5 cm³/mol. The lowest BCUT2D eigenvalue weighted by Gasteiger charge is -2.35. The minimum atomic E-state index is -2.79. The Balaban J connectivity index is 1.36. The maximum absolute atomic E-state index is 12.2. The minimum Gasteiger partial charge on any atom is -0.435 e. The lowest BCUT2D eigenvalue weighted by atomic mass is 10.2. The number of rotatable bonds is 5. The molecule has 2 aromatic heterocycles. The van der Waals surface area contributed by atoms with Gasteiger partial charge < -0.3 is 14.6 Å². The highest BCUT2D eigenvalue weighted by atomic mass is 19.3. The van der Waals surface area contributed by atoms with Gasteiger partial charge in [0.2, 0.25) is 0 Å². The first kappa shape index (κ1) is 16.7. The van der Waals surface area contributed by atoms with Gasteiger partial charge >= 0.3 is 6.61 Å². The molecule has 0 aliphatic carbocycles. The number of ether oxygens (including phenoxy) is 1. The SMILES string of the molecule is FC(F)Oc1ccc(CN2CCN(c3ncnc4[nH]ccc34)CC2)cc1. The molecule has 1 fully saturated rings. The summed E-state index contributed by atoms with van der Waals surface area (Å²) in [5, 5.41) is 1.04. The van der Waals surface area contributed by atoms with Crippen LogP contribution < -0.4 is 9.64 Å². The number of nitrogens with zero attached hydrogens (tertiary/aromatic N) is 4. The van der Waals surface area contributed by atoms with Crippen LogP contribution in [-0.4, -0.2) is 52.6 Å². The summed E-state index contributed by atoms with van der Waals surface area (Å²) in [7, 11) is 0. The van der Waals surface area contributed by atoms with Crippen LogP contribution in [0.2, 0.25) is 0 Å². The summed E-state index contributed by atoms with van der Waals surface area (Å²) in [6.45, 7) is 1.57. The molecule has 136 valence electrons. The quantitative estimate of drug-likeness (QED) is 0.759. The van der Waals surface area contributed by atoms with Gasteiger partial charge in [-0.3, -0.25) is 4.90 Å². The molecule has 26 heavy (non-hydrogen) atoms. The third-order valence-electron chi connectivity index (χ3n) is 4.56. The van der Waals surface area contributed by atoms with Gasteiger partial charge in [-0.25, -0.2) is 9.97 Å². The van der Waals surface area contributed by atoms with Crippen LogP contribution in [0.15, 0.2) is 42.9 Å². The molecule has 1 aromatic carbocycles. The number of nitrogens with one attached hydrogen (secondary N) is 1. The van der Waals surface area contributed by atoms with Crippen LogP contribution in [0.4, 0.5) is 14.6 Å². The number of anilines is 1.